The fourth-order valence-corrected chi connectivity index (χ4v) is 3.41. The van der Waals surface area contributed by atoms with Crippen molar-refractivity contribution in [2.75, 3.05) is 0 Å². The number of nitrogens with zero attached hydrogens (tertiary/aromatic N) is 3. The van der Waals surface area contributed by atoms with Crippen LogP contribution >= 0.6 is 0 Å². The monoisotopic (exact) mass is 404 g/mol. The Kier molecular flexibility index (Phi) is 6.11. The first-order chi connectivity index (χ1) is 14.3. The first-order valence-electron chi connectivity index (χ1n) is 9.58. The van der Waals surface area contributed by atoms with Gasteiger partial charge in [-0.25, -0.2) is 5.43 Å². The number of para-hydroxylation sites is 1. The topological polar surface area (TPSA) is 89.5 Å². The van der Waals surface area contributed by atoms with Crippen LogP contribution in [0.3, 0.4) is 0 Å². The lowest BCUT2D eigenvalue weighted by atomic mass is 10.1. The van der Waals surface area contributed by atoms with E-state index in [0.29, 0.717) is 5.56 Å². The minimum absolute atomic E-state index is 0.0754. The molecule has 7 nitrogen and oxygen atoms in total. The number of nitro benzene ring substituents is 1. The molecule has 2 aromatic carbocycles. The standard InChI is InChI=1S/C23H24N4O3/c1-15-9-10-21(11-16(15)2)26-17(3)12-20(18(26)4)14-24-25-23(28)13-19-7-5-6-8-22(19)27(29)30/h5-12,14H,13H2,1-4H3,(H,25,28)/b24-14+. The molecule has 0 bridgehead atoms. The van der Waals surface area contributed by atoms with Gasteiger partial charge in [0.05, 0.1) is 17.6 Å². The van der Waals surface area contributed by atoms with E-state index in [1.807, 2.05) is 19.9 Å². The average Bonchev–Trinajstić information content (AvgIpc) is 2.98. The zero-order valence-electron chi connectivity index (χ0n) is 17.5. The molecular formula is C23H24N4O3. The second-order valence-electron chi connectivity index (χ2n) is 7.29. The highest BCUT2D eigenvalue weighted by Gasteiger charge is 2.15. The predicted octanol–water partition coefficient (Wildman–Crippen LogP) is 4.31. The van der Waals surface area contributed by atoms with Crippen molar-refractivity contribution < 1.29 is 9.72 Å². The Balaban J connectivity index is 1.74. The van der Waals surface area contributed by atoms with Gasteiger partial charge in [0.2, 0.25) is 5.91 Å². The van der Waals surface area contributed by atoms with Crippen molar-refractivity contribution in [2.24, 2.45) is 5.10 Å². The minimum Gasteiger partial charge on any atom is -0.318 e. The molecule has 1 amide bonds. The molecule has 1 heterocycles. The lowest BCUT2D eigenvalue weighted by Crippen LogP contribution is -2.20. The van der Waals surface area contributed by atoms with E-state index in [4.69, 9.17) is 0 Å². The highest BCUT2D eigenvalue weighted by atomic mass is 16.6. The van der Waals surface area contributed by atoms with Crippen molar-refractivity contribution >= 4 is 17.8 Å². The third-order valence-corrected chi connectivity index (χ3v) is 5.15. The number of rotatable bonds is 6. The molecule has 1 aromatic heterocycles. The number of amides is 1. The van der Waals surface area contributed by atoms with Gasteiger partial charge >= 0.3 is 0 Å². The summed E-state index contributed by atoms with van der Waals surface area (Å²) in [5.41, 5.74) is 9.22. The van der Waals surface area contributed by atoms with E-state index in [1.54, 1.807) is 24.4 Å². The number of aryl methyl sites for hydroxylation is 3. The van der Waals surface area contributed by atoms with Crippen LogP contribution in [0.1, 0.15) is 33.6 Å². The van der Waals surface area contributed by atoms with Crippen LogP contribution in [0.5, 0.6) is 0 Å². The van der Waals surface area contributed by atoms with E-state index < -0.39 is 10.8 Å². The smallest absolute Gasteiger partial charge is 0.273 e. The van der Waals surface area contributed by atoms with Crippen molar-refractivity contribution in [3.05, 3.63) is 92.3 Å². The minimum atomic E-state index is -0.493. The molecule has 0 saturated carbocycles. The molecule has 0 unspecified atom stereocenters. The molecule has 7 heteroatoms. The molecule has 3 aromatic rings. The molecule has 3 rings (SSSR count). The Bertz CT molecular complexity index is 1150. The van der Waals surface area contributed by atoms with Crippen LogP contribution < -0.4 is 5.43 Å². The number of carbonyl (C=O) groups excluding carboxylic acids is 1. The number of nitro groups is 1. The Morgan fingerprint density at radius 1 is 1.10 bits per heavy atom. The molecule has 0 fully saturated rings. The second kappa shape index (κ2) is 8.73. The Morgan fingerprint density at radius 2 is 1.83 bits per heavy atom. The van der Waals surface area contributed by atoms with E-state index in [0.717, 1.165) is 22.6 Å². The van der Waals surface area contributed by atoms with E-state index in [-0.39, 0.29) is 12.1 Å². The summed E-state index contributed by atoms with van der Waals surface area (Å²) >= 11 is 0. The largest absolute Gasteiger partial charge is 0.318 e. The highest BCUT2D eigenvalue weighted by molar-refractivity contribution is 5.85. The molecular weight excluding hydrogens is 380 g/mol. The number of benzene rings is 2. The average molecular weight is 404 g/mol. The molecule has 0 aliphatic rings. The van der Waals surface area contributed by atoms with Gasteiger partial charge in [-0.15, -0.1) is 0 Å². The van der Waals surface area contributed by atoms with Crippen LogP contribution in [0.4, 0.5) is 5.69 Å². The molecule has 0 saturated heterocycles. The van der Waals surface area contributed by atoms with E-state index in [2.05, 4.69) is 47.1 Å². The zero-order valence-corrected chi connectivity index (χ0v) is 17.5. The van der Waals surface area contributed by atoms with Crippen LogP contribution in [0.2, 0.25) is 0 Å². The lowest BCUT2D eigenvalue weighted by Gasteiger charge is -2.11. The molecule has 0 aliphatic heterocycles. The van der Waals surface area contributed by atoms with Crippen LogP contribution in [0.25, 0.3) is 5.69 Å². The summed E-state index contributed by atoms with van der Waals surface area (Å²) in [6.45, 7) is 8.19. The van der Waals surface area contributed by atoms with Crippen LogP contribution in [-0.4, -0.2) is 21.6 Å². The van der Waals surface area contributed by atoms with Crippen molar-refractivity contribution in [1.29, 1.82) is 0 Å². The number of nitrogens with one attached hydrogen (secondary N) is 1. The molecule has 0 aliphatic carbocycles. The quantitative estimate of drug-likeness (QED) is 0.377. The maximum Gasteiger partial charge on any atom is 0.273 e. The van der Waals surface area contributed by atoms with Crippen LogP contribution in [0.15, 0.2) is 53.6 Å². The number of hydrogen-bond acceptors (Lipinski definition) is 4. The summed E-state index contributed by atoms with van der Waals surface area (Å²) in [6.07, 6.45) is 1.48. The fraction of sp³-hybridized carbons (Fsp3) is 0.217. The first kappa shape index (κ1) is 21.0. The number of hydrazone groups is 1. The van der Waals surface area contributed by atoms with Crippen LogP contribution in [0, 0.1) is 37.8 Å². The van der Waals surface area contributed by atoms with Crippen molar-refractivity contribution in [2.45, 2.75) is 34.1 Å². The van der Waals surface area contributed by atoms with E-state index in [9.17, 15) is 14.9 Å². The Labute approximate surface area is 175 Å². The molecule has 0 spiro atoms. The third kappa shape index (κ3) is 4.46. The summed E-state index contributed by atoms with van der Waals surface area (Å²) in [7, 11) is 0. The van der Waals surface area contributed by atoms with Gasteiger partial charge in [0.1, 0.15) is 0 Å². The highest BCUT2D eigenvalue weighted by Crippen LogP contribution is 2.22. The van der Waals surface area contributed by atoms with Crippen molar-refractivity contribution in [3.63, 3.8) is 0 Å². The number of carbonyl (C=O) groups is 1. The molecule has 0 radical (unpaired) electrons. The van der Waals surface area contributed by atoms with E-state index >= 15 is 0 Å². The van der Waals surface area contributed by atoms with Crippen molar-refractivity contribution in [3.8, 4) is 5.69 Å². The maximum atomic E-state index is 12.2. The first-order valence-corrected chi connectivity index (χ1v) is 9.58. The summed E-state index contributed by atoms with van der Waals surface area (Å²) in [5, 5.41) is 15.1. The van der Waals surface area contributed by atoms with Crippen molar-refractivity contribution in [1.82, 2.24) is 9.99 Å². The molecule has 30 heavy (non-hydrogen) atoms. The van der Waals surface area contributed by atoms with E-state index in [1.165, 1.54) is 17.2 Å². The SMILES string of the molecule is Cc1ccc(-n2c(C)cc(/C=N/NC(=O)Cc3ccccc3[N+](=O)[O-])c2C)cc1C. The molecule has 0 atom stereocenters. The Morgan fingerprint density at radius 3 is 2.53 bits per heavy atom. The Hall–Kier alpha value is -3.74. The number of hydrogen-bond donors (Lipinski definition) is 1. The molecule has 1 N–H and O–H groups in total. The second-order valence-corrected chi connectivity index (χ2v) is 7.29. The van der Waals surface area contributed by atoms with Gasteiger partial charge in [-0.2, -0.15) is 5.10 Å². The summed E-state index contributed by atoms with van der Waals surface area (Å²) < 4.78 is 2.14. The van der Waals surface area contributed by atoms with Gasteiger partial charge in [0.15, 0.2) is 0 Å². The van der Waals surface area contributed by atoms with Gasteiger partial charge in [-0.3, -0.25) is 14.9 Å². The van der Waals surface area contributed by atoms with Gasteiger partial charge in [-0.05, 0) is 57.0 Å². The summed E-state index contributed by atoms with van der Waals surface area (Å²) in [4.78, 5) is 22.8. The number of aromatic nitrogens is 1. The normalized spacial score (nSPS) is 11.1. The van der Waals surface area contributed by atoms with Gasteiger partial charge in [0.25, 0.3) is 5.69 Å². The molecule has 154 valence electrons. The predicted molar refractivity (Wildman–Crippen MR) is 117 cm³/mol. The van der Waals surface area contributed by atoms with Gasteiger partial charge in [0, 0.05) is 34.3 Å². The fourth-order valence-electron chi connectivity index (χ4n) is 3.41. The zero-order chi connectivity index (χ0) is 21.8. The maximum absolute atomic E-state index is 12.2. The summed E-state index contributed by atoms with van der Waals surface area (Å²) in [5.74, 6) is -0.413. The van der Waals surface area contributed by atoms with Gasteiger partial charge in [-0.1, -0.05) is 24.3 Å². The lowest BCUT2D eigenvalue weighted by molar-refractivity contribution is -0.385. The third-order valence-electron chi connectivity index (χ3n) is 5.15. The van der Waals surface area contributed by atoms with Gasteiger partial charge < -0.3 is 4.57 Å². The summed E-state index contributed by atoms with van der Waals surface area (Å²) in [6, 6.07) is 14.5. The van der Waals surface area contributed by atoms with Crippen LogP contribution in [-0.2, 0) is 11.2 Å².